The lowest BCUT2D eigenvalue weighted by atomic mass is 10.1. The molecular weight excluding hydrogens is 283 g/mol. The van der Waals surface area contributed by atoms with Gasteiger partial charge in [-0.1, -0.05) is 67.6 Å². The van der Waals surface area contributed by atoms with Crippen LogP contribution in [0.3, 0.4) is 0 Å². The van der Waals surface area contributed by atoms with Crippen LogP contribution >= 0.6 is 7.92 Å². The molecule has 0 spiro atoms. The molecular formula is C21H22P+. The zero-order chi connectivity index (χ0) is 15.2. The summed E-state index contributed by atoms with van der Waals surface area (Å²) < 4.78 is 0. The van der Waals surface area contributed by atoms with Crippen molar-refractivity contribution in [2.24, 2.45) is 0 Å². The van der Waals surface area contributed by atoms with E-state index in [-0.39, 0.29) is 0 Å². The first-order valence-electron chi connectivity index (χ1n) is 7.91. The van der Waals surface area contributed by atoms with Crippen LogP contribution in [0.25, 0.3) is 0 Å². The van der Waals surface area contributed by atoms with Crippen molar-refractivity contribution in [3.05, 3.63) is 96.1 Å². The average Bonchev–Trinajstić information content (AvgIpc) is 2.62. The number of hydrogen-bond acceptors (Lipinski definition) is 0. The van der Waals surface area contributed by atoms with E-state index in [0.29, 0.717) is 0 Å². The first kappa shape index (κ1) is 15.0. The first-order chi connectivity index (χ1) is 10.9. The van der Waals surface area contributed by atoms with Gasteiger partial charge < -0.3 is 0 Å². The third-order valence-electron chi connectivity index (χ3n) is 4.06. The molecule has 0 radical (unpaired) electrons. The molecule has 0 aromatic heterocycles. The lowest BCUT2D eigenvalue weighted by Crippen LogP contribution is -2.12. The van der Waals surface area contributed by atoms with Crippen molar-refractivity contribution in [3.8, 4) is 0 Å². The van der Waals surface area contributed by atoms with Gasteiger partial charge in [0.2, 0.25) is 0 Å². The molecule has 0 aliphatic heterocycles. The zero-order valence-corrected chi connectivity index (χ0v) is 14.0. The minimum Gasteiger partial charge on any atom is -0.0620 e. The summed E-state index contributed by atoms with van der Waals surface area (Å²) in [5.74, 6) is 0. The fraction of sp³-hybridized carbons (Fsp3) is 0.143. The van der Waals surface area contributed by atoms with E-state index in [1.807, 2.05) is 0 Å². The summed E-state index contributed by atoms with van der Waals surface area (Å²) in [6, 6.07) is 31.1. The Hall–Kier alpha value is -1.91. The molecule has 22 heavy (non-hydrogen) atoms. The van der Waals surface area contributed by atoms with Gasteiger partial charge in [-0.2, -0.15) is 0 Å². The molecule has 0 bridgehead atoms. The Morgan fingerprint density at radius 3 is 1.50 bits per heavy atom. The molecule has 0 aliphatic rings. The lowest BCUT2D eigenvalue weighted by Gasteiger charge is -2.11. The largest absolute Gasteiger partial charge is 0.0970 e. The minimum atomic E-state index is -0.771. The van der Waals surface area contributed by atoms with Crippen LogP contribution in [0, 0.1) is 0 Å². The second kappa shape index (κ2) is 7.38. The molecule has 0 heterocycles. The third-order valence-corrected chi connectivity index (χ3v) is 6.88. The van der Waals surface area contributed by atoms with Gasteiger partial charge in [-0.05, 0) is 41.8 Å². The Kier molecular flexibility index (Phi) is 5.03. The summed E-state index contributed by atoms with van der Waals surface area (Å²) >= 11 is 0. The van der Waals surface area contributed by atoms with Crippen molar-refractivity contribution in [2.75, 3.05) is 0 Å². The highest BCUT2D eigenvalue weighted by Gasteiger charge is 2.22. The highest BCUT2D eigenvalue weighted by atomic mass is 31.1. The molecule has 110 valence electrons. The third kappa shape index (κ3) is 3.64. The molecule has 0 N–H and O–H groups in total. The Morgan fingerprint density at radius 1 is 0.591 bits per heavy atom. The van der Waals surface area contributed by atoms with Crippen molar-refractivity contribution in [3.63, 3.8) is 0 Å². The van der Waals surface area contributed by atoms with Gasteiger partial charge >= 0.3 is 0 Å². The predicted octanol–water partition coefficient (Wildman–Crippen LogP) is 4.61. The van der Waals surface area contributed by atoms with Crippen LogP contribution in [0.4, 0.5) is 0 Å². The molecule has 3 aromatic rings. The van der Waals surface area contributed by atoms with Gasteiger partial charge in [0.1, 0.15) is 0 Å². The number of hydrogen-bond donors (Lipinski definition) is 0. The Labute approximate surface area is 134 Å². The highest BCUT2D eigenvalue weighted by Crippen LogP contribution is 2.37. The average molecular weight is 305 g/mol. The summed E-state index contributed by atoms with van der Waals surface area (Å²) in [5.41, 5.74) is 2.86. The molecule has 1 heteroatoms. The molecule has 0 fully saturated rings. The van der Waals surface area contributed by atoms with E-state index in [4.69, 9.17) is 0 Å². The second-order valence-electron chi connectivity index (χ2n) is 5.56. The van der Waals surface area contributed by atoms with Crippen LogP contribution in [0.1, 0.15) is 18.1 Å². The van der Waals surface area contributed by atoms with E-state index in [1.54, 1.807) is 0 Å². The van der Waals surface area contributed by atoms with Gasteiger partial charge in [0.25, 0.3) is 0 Å². The van der Waals surface area contributed by atoms with Crippen LogP contribution in [0.2, 0.25) is 0 Å². The number of aryl methyl sites for hydroxylation is 1. The van der Waals surface area contributed by atoms with Crippen LogP contribution in [-0.4, -0.2) is 0 Å². The maximum atomic E-state index is 2.30. The SMILES string of the molecule is CCc1ccc(C[PH+](c2ccccc2)c2ccccc2)cc1. The summed E-state index contributed by atoms with van der Waals surface area (Å²) in [6.07, 6.45) is 2.25. The molecule has 0 atom stereocenters. The maximum absolute atomic E-state index is 2.30. The van der Waals surface area contributed by atoms with E-state index in [9.17, 15) is 0 Å². The van der Waals surface area contributed by atoms with Gasteiger partial charge in [0.15, 0.2) is 0 Å². The van der Waals surface area contributed by atoms with E-state index < -0.39 is 7.92 Å². The summed E-state index contributed by atoms with van der Waals surface area (Å²) in [4.78, 5) is 0. The van der Waals surface area contributed by atoms with Gasteiger partial charge in [-0.3, -0.25) is 0 Å². The molecule has 3 rings (SSSR count). The maximum Gasteiger partial charge on any atom is 0.0970 e. The smallest absolute Gasteiger partial charge is 0.0620 e. The Morgan fingerprint density at radius 2 is 1.05 bits per heavy atom. The monoisotopic (exact) mass is 305 g/mol. The number of rotatable bonds is 5. The van der Waals surface area contributed by atoms with Crippen molar-refractivity contribution >= 4 is 18.5 Å². The van der Waals surface area contributed by atoms with Crippen LogP contribution in [0.5, 0.6) is 0 Å². The van der Waals surface area contributed by atoms with E-state index in [2.05, 4.69) is 91.9 Å². The highest BCUT2D eigenvalue weighted by molar-refractivity contribution is 7.72. The second-order valence-corrected chi connectivity index (χ2v) is 8.02. The topological polar surface area (TPSA) is 0 Å². The van der Waals surface area contributed by atoms with Crippen LogP contribution in [0.15, 0.2) is 84.9 Å². The summed E-state index contributed by atoms with van der Waals surface area (Å²) in [6.45, 7) is 2.21. The Balaban J connectivity index is 1.91. The van der Waals surface area contributed by atoms with Crippen LogP contribution < -0.4 is 10.6 Å². The lowest BCUT2D eigenvalue weighted by molar-refractivity contribution is 1.13. The van der Waals surface area contributed by atoms with Crippen LogP contribution in [-0.2, 0) is 12.6 Å². The van der Waals surface area contributed by atoms with Crippen molar-refractivity contribution < 1.29 is 0 Å². The fourth-order valence-electron chi connectivity index (χ4n) is 2.75. The van der Waals surface area contributed by atoms with E-state index in [0.717, 1.165) is 12.6 Å². The quantitative estimate of drug-likeness (QED) is 0.604. The number of benzene rings is 3. The van der Waals surface area contributed by atoms with Crippen molar-refractivity contribution in [1.82, 2.24) is 0 Å². The van der Waals surface area contributed by atoms with E-state index in [1.165, 1.54) is 21.7 Å². The Bertz CT molecular complexity index is 647. The fourth-order valence-corrected chi connectivity index (χ4v) is 5.32. The van der Waals surface area contributed by atoms with Crippen molar-refractivity contribution in [2.45, 2.75) is 19.5 Å². The molecule has 0 nitrogen and oxygen atoms in total. The summed E-state index contributed by atoms with van der Waals surface area (Å²) in [5, 5.41) is 2.97. The standard InChI is InChI=1S/C21H21P/c1-2-18-13-15-19(16-14-18)17-22(20-9-5-3-6-10-20)21-11-7-4-8-12-21/h3-16H,2,17H2,1H3/p+1. The summed E-state index contributed by atoms with van der Waals surface area (Å²) in [7, 11) is -0.771. The van der Waals surface area contributed by atoms with Gasteiger partial charge in [0, 0.05) is 0 Å². The minimum absolute atomic E-state index is 0.771. The molecule has 0 saturated carbocycles. The molecule has 0 aliphatic carbocycles. The van der Waals surface area contributed by atoms with Gasteiger partial charge in [-0.25, -0.2) is 0 Å². The van der Waals surface area contributed by atoms with Gasteiger partial charge in [-0.15, -0.1) is 0 Å². The first-order valence-corrected chi connectivity index (χ1v) is 9.62. The molecule has 0 amide bonds. The van der Waals surface area contributed by atoms with Crippen molar-refractivity contribution in [1.29, 1.82) is 0 Å². The normalized spacial score (nSPS) is 10.8. The van der Waals surface area contributed by atoms with Gasteiger partial charge in [0.05, 0.1) is 24.7 Å². The molecule has 0 saturated heterocycles. The molecule has 3 aromatic carbocycles. The predicted molar refractivity (Wildman–Crippen MR) is 100.0 cm³/mol. The molecule has 0 unspecified atom stereocenters. The zero-order valence-electron chi connectivity index (χ0n) is 13.0. The van der Waals surface area contributed by atoms with E-state index >= 15 is 0 Å².